The van der Waals surface area contributed by atoms with Gasteiger partial charge in [0.25, 0.3) is 0 Å². The maximum Gasteiger partial charge on any atom is 0.216 e. The molecule has 1 heterocycles. The number of hydrogen-bond acceptors (Lipinski definition) is 2. The molecule has 0 spiro atoms. The van der Waals surface area contributed by atoms with E-state index in [0.717, 1.165) is 0 Å². The number of rotatable bonds is 2. The van der Waals surface area contributed by atoms with Gasteiger partial charge < -0.3 is 4.74 Å². The van der Waals surface area contributed by atoms with Gasteiger partial charge in [-0.2, -0.15) is 4.39 Å². The number of ether oxygens (including phenoxy) is 1. The van der Waals surface area contributed by atoms with Crippen LogP contribution in [0.4, 0.5) is 4.39 Å². The van der Waals surface area contributed by atoms with Gasteiger partial charge in [-0.25, -0.2) is 4.98 Å². The molecule has 0 bridgehead atoms. The Bertz CT molecular complexity index is 280. The number of aromatic nitrogens is 1. The van der Waals surface area contributed by atoms with E-state index in [2.05, 4.69) is 10.9 Å². The molecule has 0 aliphatic heterocycles. The monoisotopic (exact) mass is 151 g/mol. The standard InChI is InChI=1S/C8H6FNO/c1-2-5-11-7-3-4-10-8(9)6-7/h1,3-4,6H,5H2. The van der Waals surface area contributed by atoms with Gasteiger partial charge in [0.1, 0.15) is 12.4 Å². The largest absolute Gasteiger partial charge is 0.481 e. The van der Waals surface area contributed by atoms with Crippen molar-refractivity contribution in [3.63, 3.8) is 0 Å². The highest BCUT2D eigenvalue weighted by Crippen LogP contribution is 2.08. The van der Waals surface area contributed by atoms with Crippen LogP contribution in [0.1, 0.15) is 0 Å². The zero-order valence-corrected chi connectivity index (χ0v) is 5.75. The molecule has 11 heavy (non-hydrogen) atoms. The Morgan fingerprint density at radius 2 is 2.55 bits per heavy atom. The summed E-state index contributed by atoms with van der Waals surface area (Å²) >= 11 is 0. The zero-order chi connectivity index (χ0) is 8.10. The second-order valence-electron chi connectivity index (χ2n) is 1.81. The molecule has 1 aromatic rings. The fraction of sp³-hybridized carbons (Fsp3) is 0.125. The quantitative estimate of drug-likeness (QED) is 0.468. The van der Waals surface area contributed by atoms with Crippen molar-refractivity contribution in [1.82, 2.24) is 4.98 Å². The Labute approximate surface area is 64.0 Å². The molecule has 0 unspecified atom stereocenters. The van der Waals surface area contributed by atoms with Gasteiger partial charge in [-0.3, -0.25) is 0 Å². The van der Waals surface area contributed by atoms with E-state index in [1.165, 1.54) is 12.3 Å². The second kappa shape index (κ2) is 3.57. The lowest BCUT2D eigenvalue weighted by Gasteiger charge is -1.99. The lowest BCUT2D eigenvalue weighted by Crippen LogP contribution is -1.94. The van der Waals surface area contributed by atoms with Crippen molar-refractivity contribution in [3.05, 3.63) is 24.3 Å². The normalized spacial score (nSPS) is 8.73. The molecule has 0 fully saturated rings. The van der Waals surface area contributed by atoms with Crippen molar-refractivity contribution < 1.29 is 9.13 Å². The molecule has 0 radical (unpaired) electrons. The zero-order valence-electron chi connectivity index (χ0n) is 5.75. The van der Waals surface area contributed by atoms with Crippen LogP contribution in [-0.4, -0.2) is 11.6 Å². The van der Waals surface area contributed by atoms with E-state index >= 15 is 0 Å². The summed E-state index contributed by atoms with van der Waals surface area (Å²) < 4.78 is 17.3. The third-order valence-corrected chi connectivity index (χ3v) is 1.02. The Hall–Kier alpha value is -1.56. The van der Waals surface area contributed by atoms with Gasteiger partial charge in [-0.15, -0.1) is 6.42 Å². The molecule has 0 N–H and O–H groups in total. The van der Waals surface area contributed by atoms with E-state index in [1.54, 1.807) is 6.07 Å². The first-order valence-corrected chi connectivity index (χ1v) is 3.01. The predicted molar refractivity (Wildman–Crippen MR) is 38.5 cm³/mol. The maximum absolute atomic E-state index is 12.4. The Morgan fingerprint density at radius 1 is 1.73 bits per heavy atom. The summed E-state index contributed by atoms with van der Waals surface area (Å²) in [5, 5.41) is 0. The van der Waals surface area contributed by atoms with Gasteiger partial charge in [0.2, 0.25) is 5.95 Å². The van der Waals surface area contributed by atoms with Crippen molar-refractivity contribution in [2.45, 2.75) is 0 Å². The van der Waals surface area contributed by atoms with Crippen LogP contribution in [0, 0.1) is 18.3 Å². The smallest absolute Gasteiger partial charge is 0.216 e. The summed E-state index contributed by atoms with van der Waals surface area (Å²) in [5.74, 6) is 2.10. The number of pyridine rings is 1. The molecule has 1 rings (SSSR count). The maximum atomic E-state index is 12.4. The van der Waals surface area contributed by atoms with Crippen molar-refractivity contribution in [1.29, 1.82) is 0 Å². The van der Waals surface area contributed by atoms with Crippen LogP contribution >= 0.6 is 0 Å². The number of hydrogen-bond donors (Lipinski definition) is 0. The highest BCUT2D eigenvalue weighted by Gasteiger charge is 1.93. The molecular formula is C8H6FNO. The molecule has 0 saturated heterocycles. The van der Waals surface area contributed by atoms with E-state index in [0.29, 0.717) is 5.75 Å². The van der Waals surface area contributed by atoms with Crippen LogP contribution in [0.3, 0.4) is 0 Å². The molecule has 0 aromatic carbocycles. The summed E-state index contributed by atoms with van der Waals surface area (Å²) in [5.41, 5.74) is 0. The third-order valence-electron chi connectivity index (χ3n) is 1.02. The Balaban J connectivity index is 2.65. The summed E-state index contributed by atoms with van der Waals surface area (Å²) in [6, 6.07) is 2.72. The molecule has 0 saturated carbocycles. The number of terminal acetylenes is 1. The Kier molecular flexibility index (Phi) is 2.45. The van der Waals surface area contributed by atoms with Crippen molar-refractivity contribution in [3.8, 4) is 18.1 Å². The van der Waals surface area contributed by atoms with Gasteiger partial charge in [-0.05, 0) is 6.07 Å². The number of nitrogens with zero attached hydrogens (tertiary/aromatic N) is 1. The summed E-state index contributed by atoms with van der Waals surface area (Å²) in [6.45, 7) is 0.142. The minimum Gasteiger partial charge on any atom is -0.481 e. The molecule has 56 valence electrons. The van der Waals surface area contributed by atoms with Crippen LogP contribution < -0.4 is 4.74 Å². The molecule has 0 atom stereocenters. The molecule has 0 aliphatic rings. The van der Waals surface area contributed by atoms with Gasteiger partial charge in [0.05, 0.1) is 0 Å². The predicted octanol–water partition coefficient (Wildman–Crippen LogP) is 1.23. The van der Waals surface area contributed by atoms with E-state index in [4.69, 9.17) is 11.2 Å². The third kappa shape index (κ3) is 2.26. The summed E-state index contributed by atoms with van der Waals surface area (Å²) in [4.78, 5) is 3.35. The molecule has 0 amide bonds. The van der Waals surface area contributed by atoms with Crippen LogP contribution in [-0.2, 0) is 0 Å². The topological polar surface area (TPSA) is 22.1 Å². The SMILES string of the molecule is C#CCOc1ccnc(F)c1. The molecule has 2 nitrogen and oxygen atoms in total. The second-order valence-corrected chi connectivity index (χ2v) is 1.81. The van der Waals surface area contributed by atoms with Crippen LogP contribution in [0.25, 0.3) is 0 Å². The highest BCUT2D eigenvalue weighted by atomic mass is 19.1. The highest BCUT2D eigenvalue weighted by molar-refractivity contribution is 5.18. The summed E-state index contributed by atoms with van der Waals surface area (Å²) in [7, 11) is 0. The van der Waals surface area contributed by atoms with Crippen LogP contribution in [0.5, 0.6) is 5.75 Å². The van der Waals surface area contributed by atoms with E-state index in [-0.39, 0.29) is 6.61 Å². The average Bonchev–Trinajstić information content (AvgIpc) is 2.01. The minimum absolute atomic E-state index is 0.142. The van der Waals surface area contributed by atoms with Crippen molar-refractivity contribution >= 4 is 0 Å². The molecule has 3 heteroatoms. The van der Waals surface area contributed by atoms with Crippen molar-refractivity contribution in [2.24, 2.45) is 0 Å². The molecular weight excluding hydrogens is 145 g/mol. The average molecular weight is 151 g/mol. The molecule has 1 aromatic heterocycles. The fourth-order valence-corrected chi connectivity index (χ4v) is 0.599. The van der Waals surface area contributed by atoms with E-state index < -0.39 is 5.95 Å². The fourth-order valence-electron chi connectivity index (χ4n) is 0.599. The van der Waals surface area contributed by atoms with E-state index in [1.807, 2.05) is 0 Å². The van der Waals surface area contributed by atoms with Crippen LogP contribution in [0.2, 0.25) is 0 Å². The minimum atomic E-state index is -0.570. The lowest BCUT2D eigenvalue weighted by atomic mass is 10.4. The molecule has 0 aliphatic carbocycles. The first kappa shape index (κ1) is 7.55. The van der Waals surface area contributed by atoms with Gasteiger partial charge in [-0.1, -0.05) is 5.92 Å². The summed E-state index contributed by atoms with van der Waals surface area (Å²) in [6.07, 6.45) is 6.25. The Morgan fingerprint density at radius 3 is 3.18 bits per heavy atom. The lowest BCUT2D eigenvalue weighted by molar-refractivity contribution is 0.366. The van der Waals surface area contributed by atoms with E-state index in [9.17, 15) is 4.39 Å². The van der Waals surface area contributed by atoms with Gasteiger partial charge in [0.15, 0.2) is 0 Å². The van der Waals surface area contributed by atoms with Gasteiger partial charge in [0, 0.05) is 12.3 Å². The first-order chi connectivity index (χ1) is 5.33. The van der Waals surface area contributed by atoms with Crippen LogP contribution in [0.15, 0.2) is 18.3 Å². The first-order valence-electron chi connectivity index (χ1n) is 3.01. The number of halogens is 1. The van der Waals surface area contributed by atoms with Gasteiger partial charge >= 0.3 is 0 Å². The van der Waals surface area contributed by atoms with Crippen molar-refractivity contribution in [2.75, 3.05) is 6.61 Å².